The van der Waals surface area contributed by atoms with E-state index in [2.05, 4.69) is 26.1 Å². The molecule has 17 heavy (non-hydrogen) atoms. The van der Waals surface area contributed by atoms with Crippen molar-refractivity contribution in [1.29, 1.82) is 0 Å². The Morgan fingerprint density at radius 1 is 1.53 bits per heavy atom. The first-order chi connectivity index (χ1) is 7.90. The standard InChI is InChI=1S/C13H28N2O2/c1-12(2,5-6-16-4)8-15-9-13(3)10-17-7-11(13)14/h11,15H,5-10,14H2,1-4H3. The molecule has 2 atom stereocenters. The first kappa shape index (κ1) is 14.9. The molecule has 1 aliphatic heterocycles. The number of ether oxygens (including phenoxy) is 2. The molecule has 1 aliphatic rings. The Hall–Kier alpha value is -0.160. The van der Waals surface area contributed by atoms with E-state index in [1.807, 2.05) is 0 Å². The smallest absolute Gasteiger partial charge is 0.0624 e. The molecule has 2 unspecified atom stereocenters. The molecule has 0 amide bonds. The van der Waals surface area contributed by atoms with E-state index in [0.717, 1.165) is 32.7 Å². The molecule has 1 heterocycles. The normalized spacial score (nSPS) is 29.8. The fraction of sp³-hybridized carbons (Fsp3) is 1.00. The summed E-state index contributed by atoms with van der Waals surface area (Å²) in [6, 6.07) is 0.150. The van der Waals surface area contributed by atoms with Crippen molar-refractivity contribution in [3.05, 3.63) is 0 Å². The second-order valence-corrected chi connectivity index (χ2v) is 6.29. The van der Waals surface area contributed by atoms with Crippen LogP contribution in [0.3, 0.4) is 0 Å². The van der Waals surface area contributed by atoms with Crippen molar-refractivity contribution < 1.29 is 9.47 Å². The van der Waals surface area contributed by atoms with Gasteiger partial charge < -0.3 is 20.5 Å². The van der Waals surface area contributed by atoms with Crippen LogP contribution in [0.4, 0.5) is 0 Å². The van der Waals surface area contributed by atoms with Crippen molar-refractivity contribution in [2.45, 2.75) is 33.2 Å². The zero-order valence-electron chi connectivity index (χ0n) is 11.7. The van der Waals surface area contributed by atoms with Crippen LogP contribution in [0.1, 0.15) is 27.2 Å². The summed E-state index contributed by atoms with van der Waals surface area (Å²) >= 11 is 0. The zero-order valence-corrected chi connectivity index (χ0v) is 11.7. The van der Waals surface area contributed by atoms with Crippen molar-refractivity contribution >= 4 is 0 Å². The minimum Gasteiger partial charge on any atom is -0.385 e. The quantitative estimate of drug-likeness (QED) is 0.701. The third-order valence-electron chi connectivity index (χ3n) is 3.74. The van der Waals surface area contributed by atoms with Crippen molar-refractivity contribution in [1.82, 2.24) is 5.32 Å². The van der Waals surface area contributed by atoms with Gasteiger partial charge in [-0.15, -0.1) is 0 Å². The van der Waals surface area contributed by atoms with Crippen LogP contribution in [0.2, 0.25) is 0 Å². The molecule has 1 rings (SSSR count). The highest BCUT2D eigenvalue weighted by Crippen LogP contribution is 2.26. The first-order valence-electron chi connectivity index (χ1n) is 6.43. The first-order valence-corrected chi connectivity index (χ1v) is 6.43. The Morgan fingerprint density at radius 3 is 2.76 bits per heavy atom. The van der Waals surface area contributed by atoms with Crippen molar-refractivity contribution in [2.75, 3.05) is 40.0 Å². The van der Waals surface area contributed by atoms with E-state index in [-0.39, 0.29) is 16.9 Å². The summed E-state index contributed by atoms with van der Waals surface area (Å²) in [6.07, 6.45) is 1.07. The molecule has 0 saturated carbocycles. The lowest BCUT2D eigenvalue weighted by Gasteiger charge is -2.30. The summed E-state index contributed by atoms with van der Waals surface area (Å²) in [4.78, 5) is 0. The predicted octanol–water partition coefficient (Wildman–Crippen LogP) is 1.00. The highest BCUT2D eigenvalue weighted by atomic mass is 16.5. The van der Waals surface area contributed by atoms with E-state index in [4.69, 9.17) is 15.2 Å². The summed E-state index contributed by atoms with van der Waals surface area (Å²) in [6.45, 7) is 10.9. The summed E-state index contributed by atoms with van der Waals surface area (Å²) in [5.41, 5.74) is 6.40. The van der Waals surface area contributed by atoms with Crippen LogP contribution >= 0.6 is 0 Å². The second kappa shape index (κ2) is 6.14. The number of methoxy groups -OCH3 is 1. The van der Waals surface area contributed by atoms with E-state index in [9.17, 15) is 0 Å². The Morgan fingerprint density at radius 2 is 2.24 bits per heavy atom. The van der Waals surface area contributed by atoms with E-state index < -0.39 is 0 Å². The molecule has 0 aliphatic carbocycles. The van der Waals surface area contributed by atoms with Crippen LogP contribution in [0, 0.1) is 10.8 Å². The third-order valence-corrected chi connectivity index (χ3v) is 3.74. The monoisotopic (exact) mass is 244 g/mol. The minimum atomic E-state index is 0.0807. The lowest BCUT2D eigenvalue weighted by Crippen LogP contribution is -2.47. The van der Waals surface area contributed by atoms with Crippen LogP contribution < -0.4 is 11.1 Å². The molecule has 1 fully saturated rings. The molecule has 0 aromatic carbocycles. The Balaban J connectivity index is 2.27. The van der Waals surface area contributed by atoms with Crippen LogP contribution in [0.5, 0.6) is 0 Å². The third kappa shape index (κ3) is 4.54. The number of nitrogens with one attached hydrogen (secondary N) is 1. The van der Waals surface area contributed by atoms with Crippen molar-refractivity contribution in [2.24, 2.45) is 16.6 Å². The fourth-order valence-corrected chi connectivity index (χ4v) is 2.06. The lowest BCUT2D eigenvalue weighted by molar-refractivity contribution is 0.140. The zero-order chi connectivity index (χ0) is 12.9. The number of rotatable bonds is 7. The molecule has 0 aromatic heterocycles. The SMILES string of the molecule is COCCC(C)(C)CNCC1(C)COCC1N. The second-order valence-electron chi connectivity index (χ2n) is 6.29. The predicted molar refractivity (Wildman–Crippen MR) is 70.0 cm³/mol. The van der Waals surface area contributed by atoms with Gasteiger partial charge in [0.25, 0.3) is 0 Å². The molecule has 0 bridgehead atoms. The van der Waals surface area contributed by atoms with Crippen LogP contribution in [0.25, 0.3) is 0 Å². The average molecular weight is 244 g/mol. The summed E-state index contributed by atoms with van der Waals surface area (Å²) in [5.74, 6) is 0. The molecular formula is C13H28N2O2. The lowest BCUT2D eigenvalue weighted by atomic mass is 9.84. The van der Waals surface area contributed by atoms with Gasteiger partial charge in [0.2, 0.25) is 0 Å². The van der Waals surface area contributed by atoms with Gasteiger partial charge in [-0.2, -0.15) is 0 Å². The van der Waals surface area contributed by atoms with Crippen LogP contribution in [-0.4, -0.2) is 46.1 Å². The molecule has 4 heteroatoms. The van der Waals surface area contributed by atoms with Gasteiger partial charge >= 0.3 is 0 Å². The van der Waals surface area contributed by atoms with Gasteiger partial charge in [-0.3, -0.25) is 0 Å². The maximum Gasteiger partial charge on any atom is 0.0624 e. The number of hydrogen-bond donors (Lipinski definition) is 2. The molecule has 4 nitrogen and oxygen atoms in total. The Bertz CT molecular complexity index is 233. The van der Waals surface area contributed by atoms with E-state index in [1.54, 1.807) is 7.11 Å². The van der Waals surface area contributed by atoms with E-state index in [0.29, 0.717) is 6.61 Å². The molecule has 3 N–H and O–H groups in total. The highest BCUT2D eigenvalue weighted by molar-refractivity contribution is 4.92. The minimum absolute atomic E-state index is 0.0807. The van der Waals surface area contributed by atoms with Crippen LogP contribution in [-0.2, 0) is 9.47 Å². The van der Waals surface area contributed by atoms with Gasteiger partial charge in [0.1, 0.15) is 0 Å². The van der Waals surface area contributed by atoms with E-state index in [1.165, 1.54) is 0 Å². The van der Waals surface area contributed by atoms with Gasteiger partial charge in [-0.1, -0.05) is 20.8 Å². The molecule has 0 spiro atoms. The molecule has 1 saturated heterocycles. The van der Waals surface area contributed by atoms with Gasteiger partial charge in [-0.25, -0.2) is 0 Å². The topological polar surface area (TPSA) is 56.5 Å². The maximum absolute atomic E-state index is 6.06. The van der Waals surface area contributed by atoms with Crippen molar-refractivity contribution in [3.8, 4) is 0 Å². The van der Waals surface area contributed by atoms with Gasteiger partial charge in [0.15, 0.2) is 0 Å². The summed E-state index contributed by atoms with van der Waals surface area (Å²) in [7, 11) is 1.75. The maximum atomic E-state index is 6.06. The number of hydrogen-bond acceptors (Lipinski definition) is 4. The van der Waals surface area contributed by atoms with Gasteiger partial charge in [0, 0.05) is 38.3 Å². The van der Waals surface area contributed by atoms with Crippen LogP contribution in [0.15, 0.2) is 0 Å². The molecular weight excluding hydrogens is 216 g/mol. The number of nitrogens with two attached hydrogens (primary N) is 1. The van der Waals surface area contributed by atoms with Gasteiger partial charge in [0.05, 0.1) is 13.2 Å². The van der Waals surface area contributed by atoms with Gasteiger partial charge in [-0.05, 0) is 11.8 Å². The largest absolute Gasteiger partial charge is 0.385 e. The summed E-state index contributed by atoms with van der Waals surface area (Å²) < 4.78 is 10.6. The molecule has 102 valence electrons. The molecule has 0 radical (unpaired) electrons. The highest BCUT2D eigenvalue weighted by Gasteiger charge is 2.37. The Labute approximate surface area is 105 Å². The van der Waals surface area contributed by atoms with E-state index >= 15 is 0 Å². The average Bonchev–Trinajstić information content (AvgIpc) is 2.56. The molecule has 0 aromatic rings. The van der Waals surface area contributed by atoms with Crippen molar-refractivity contribution in [3.63, 3.8) is 0 Å². The fourth-order valence-electron chi connectivity index (χ4n) is 2.06. The Kier molecular flexibility index (Phi) is 5.38. The summed E-state index contributed by atoms with van der Waals surface area (Å²) in [5, 5.41) is 3.53.